The Morgan fingerprint density at radius 3 is 2.79 bits per heavy atom. The summed E-state index contributed by atoms with van der Waals surface area (Å²) in [4.78, 5) is 10.4. The van der Waals surface area contributed by atoms with Crippen LogP contribution in [-0.4, -0.2) is 22.2 Å². The molecule has 1 aromatic carbocycles. The SMILES string of the molecule is CCCC(C)(O)CNc1cccc(C#N)c1[N+](=O)[O-]. The van der Waals surface area contributed by atoms with Crippen molar-refractivity contribution in [1.29, 1.82) is 5.26 Å². The number of para-hydroxylation sites is 1. The fourth-order valence-corrected chi connectivity index (χ4v) is 1.89. The molecule has 0 aliphatic carbocycles. The number of hydrogen-bond acceptors (Lipinski definition) is 5. The average molecular weight is 263 g/mol. The molecular weight excluding hydrogens is 246 g/mol. The van der Waals surface area contributed by atoms with E-state index < -0.39 is 10.5 Å². The highest BCUT2D eigenvalue weighted by Crippen LogP contribution is 2.28. The normalized spacial score (nSPS) is 13.4. The van der Waals surface area contributed by atoms with E-state index in [1.807, 2.05) is 6.92 Å². The van der Waals surface area contributed by atoms with E-state index in [0.29, 0.717) is 6.42 Å². The second-order valence-corrected chi connectivity index (χ2v) is 4.67. The van der Waals surface area contributed by atoms with Gasteiger partial charge in [-0.1, -0.05) is 19.4 Å². The van der Waals surface area contributed by atoms with Gasteiger partial charge in [-0.05, 0) is 25.5 Å². The molecule has 0 aliphatic heterocycles. The molecule has 19 heavy (non-hydrogen) atoms. The maximum absolute atomic E-state index is 11.0. The van der Waals surface area contributed by atoms with Gasteiger partial charge >= 0.3 is 5.69 Å². The van der Waals surface area contributed by atoms with Crippen molar-refractivity contribution in [3.8, 4) is 6.07 Å². The van der Waals surface area contributed by atoms with Crippen LogP contribution in [0, 0.1) is 21.4 Å². The zero-order valence-corrected chi connectivity index (χ0v) is 11.0. The van der Waals surface area contributed by atoms with Crippen LogP contribution in [0.2, 0.25) is 0 Å². The molecule has 102 valence electrons. The Labute approximate surface area is 111 Å². The Kier molecular flexibility index (Phi) is 4.84. The lowest BCUT2D eigenvalue weighted by Crippen LogP contribution is -2.33. The van der Waals surface area contributed by atoms with Gasteiger partial charge < -0.3 is 10.4 Å². The number of anilines is 1. The highest BCUT2D eigenvalue weighted by Gasteiger charge is 2.23. The molecule has 0 aliphatic rings. The predicted molar refractivity (Wildman–Crippen MR) is 71.8 cm³/mol. The number of nitriles is 1. The van der Waals surface area contributed by atoms with E-state index >= 15 is 0 Å². The van der Waals surface area contributed by atoms with Gasteiger partial charge in [0.25, 0.3) is 0 Å². The summed E-state index contributed by atoms with van der Waals surface area (Å²) >= 11 is 0. The van der Waals surface area contributed by atoms with Crippen molar-refractivity contribution in [3.63, 3.8) is 0 Å². The van der Waals surface area contributed by atoms with Gasteiger partial charge in [-0.15, -0.1) is 0 Å². The Balaban J connectivity index is 2.96. The lowest BCUT2D eigenvalue weighted by Gasteiger charge is -2.23. The molecule has 1 rings (SSSR count). The molecule has 1 unspecified atom stereocenters. The predicted octanol–water partition coefficient (Wildman–Crippen LogP) is 2.43. The van der Waals surface area contributed by atoms with Crippen molar-refractivity contribution in [2.45, 2.75) is 32.3 Å². The number of aliphatic hydroxyl groups is 1. The van der Waals surface area contributed by atoms with Gasteiger partial charge in [-0.25, -0.2) is 0 Å². The van der Waals surface area contributed by atoms with Gasteiger partial charge in [0.2, 0.25) is 0 Å². The maximum atomic E-state index is 11.0. The first kappa shape index (κ1) is 14.9. The first-order chi connectivity index (χ1) is 8.91. The van der Waals surface area contributed by atoms with Gasteiger partial charge in [-0.2, -0.15) is 5.26 Å². The van der Waals surface area contributed by atoms with E-state index in [9.17, 15) is 15.2 Å². The van der Waals surface area contributed by atoms with E-state index in [1.54, 1.807) is 19.1 Å². The molecular formula is C13H17N3O3. The smallest absolute Gasteiger partial charge is 0.309 e. The summed E-state index contributed by atoms with van der Waals surface area (Å²) in [6, 6.07) is 6.29. The highest BCUT2D eigenvalue weighted by atomic mass is 16.6. The standard InChI is InChI=1S/C13H17N3O3/c1-3-7-13(2,17)9-15-11-6-4-5-10(8-14)12(11)16(18)19/h4-6,15,17H,3,7,9H2,1-2H3. The Morgan fingerprint density at radius 1 is 1.58 bits per heavy atom. The number of rotatable bonds is 6. The molecule has 6 nitrogen and oxygen atoms in total. The second-order valence-electron chi connectivity index (χ2n) is 4.67. The lowest BCUT2D eigenvalue weighted by molar-refractivity contribution is -0.384. The molecule has 2 N–H and O–H groups in total. The molecule has 6 heteroatoms. The number of nitro benzene ring substituents is 1. The quantitative estimate of drug-likeness (QED) is 0.606. The van der Waals surface area contributed by atoms with Crippen LogP contribution >= 0.6 is 0 Å². The van der Waals surface area contributed by atoms with Gasteiger partial charge in [0, 0.05) is 6.54 Å². The number of nitrogens with one attached hydrogen (secondary N) is 1. The van der Waals surface area contributed by atoms with Crippen LogP contribution in [0.25, 0.3) is 0 Å². The van der Waals surface area contributed by atoms with E-state index in [2.05, 4.69) is 5.32 Å². The largest absolute Gasteiger partial charge is 0.388 e. The summed E-state index contributed by atoms with van der Waals surface area (Å²) in [6.07, 6.45) is 1.40. The minimum Gasteiger partial charge on any atom is -0.388 e. The van der Waals surface area contributed by atoms with Gasteiger partial charge in [0.05, 0.1) is 10.5 Å². The zero-order chi connectivity index (χ0) is 14.5. The molecule has 0 saturated heterocycles. The summed E-state index contributed by atoms with van der Waals surface area (Å²) < 4.78 is 0. The number of benzene rings is 1. The summed E-state index contributed by atoms with van der Waals surface area (Å²) in [5.41, 5.74) is -0.937. The fourth-order valence-electron chi connectivity index (χ4n) is 1.89. The van der Waals surface area contributed by atoms with Crippen molar-refractivity contribution in [3.05, 3.63) is 33.9 Å². The summed E-state index contributed by atoms with van der Waals surface area (Å²) in [5.74, 6) is 0. The van der Waals surface area contributed by atoms with E-state index in [-0.39, 0.29) is 23.5 Å². The molecule has 1 atom stereocenters. The first-order valence-electron chi connectivity index (χ1n) is 6.05. The minimum absolute atomic E-state index is 0.00475. The third-order valence-electron chi connectivity index (χ3n) is 2.79. The molecule has 1 aromatic rings. The molecule has 0 bridgehead atoms. The van der Waals surface area contributed by atoms with Gasteiger partial charge in [0.15, 0.2) is 0 Å². The zero-order valence-electron chi connectivity index (χ0n) is 11.0. The summed E-state index contributed by atoms with van der Waals surface area (Å²) in [6.45, 7) is 3.81. The van der Waals surface area contributed by atoms with Crippen LogP contribution in [0.15, 0.2) is 18.2 Å². The molecule has 0 fully saturated rings. The molecule has 0 radical (unpaired) electrons. The van der Waals surface area contributed by atoms with Crippen LogP contribution in [0.4, 0.5) is 11.4 Å². The van der Waals surface area contributed by atoms with Crippen molar-refractivity contribution in [1.82, 2.24) is 0 Å². The number of hydrogen-bond donors (Lipinski definition) is 2. The van der Waals surface area contributed by atoms with Gasteiger partial charge in [0.1, 0.15) is 17.3 Å². The molecule has 0 heterocycles. The third-order valence-corrected chi connectivity index (χ3v) is 2.79. The van der Waals surface area contributed by atoms with Crippen LogP contribution in [0.5, 0.6) is 0 Å². The van der Waals surface area contributed by atoms with Crippen LogP contribution in [0.3, 0.4) is 0 Å². The van der Waals surface area contributed by atoms with Crippen LogP contribution < -0.4 is 5.32 Å². The van der Waals surface area contributed by atoms with E-state index in [0.717, 1.165) is 6.42 Å². The second kappa shape index (κ2) is 6.16. The summed E-state index contributed by atoms with van der Waals surface area (Å²) in [7, 11) is 0. The average Bonchev–Trinajstić information content (AvgIpc) is 2.35. The number of nitrogens with zero attached hydrogens (tertiary/aromatic N) is 2. The highest BCUT2D eigenvalue weighted by molar-refractivity contribution is 5.68. The fraction of sp³-hybridized carbons (Fsp3) is 0.462. The third kappa shape index (κ3) is 3.93. The lowest BCUT2D eigenvalue weighted by atomic mass is 10.0. The van der Waals surface area contributed by atoms with Crippen molar-refractivity contribution < 1.29 is 10.0 Å². The Morgan fingerprint density at radius 2 is 2.26 bits per heavy atom. The maximum Gasteiger partial charge on any atom is 0.309 e. The molecule has 0 spiro atoms. The Bertz CT molecular complexity index is 506. The topological polar surface area (TPSA) is 99.2 Å². The molecule has 0 saturated carbocycles. The Hall–Kier alpha value is -2.13. The van der Waals surface area contributed by atoms with Crippen molar-refractivity contribution in [2.24, 2.45) is 0 Å². The van der Waals surface area contributed by atoms with Crippen molar-refractivity contribution >= 4 is 11.4 Å². The van der Waals surface area contributed by atoms with Gasteiger partial charge in [-0.3, -0.25) is 10.1 Å². The number of nitro groups is 1. The van der Waals surface area contributed by atoms with Crippen LogP contribution in [0.1, 0.15) is 32.3 Å². The minimum atomic E-state index is -0.939. The summed E-state index contributed by atoms with van der Waals surface area (Å²) in [5, 5.41) is 32.8. The monoisotopic (exact) mass is 263 g/mol. The first-order valence-corrected chi connectivity index (χ1v) is 6.05. The van der Waals surface area contributed by atoms with Crippen molar-refractivity contribution in [2.75, 3.05) is 11.9 Å². The van der Waals surface area contributed by atoms with E-state index in [1.165, 1.54) is 12.1 Å². The molecule has 0 amide bonds. The molecule has 0 aromatic heterocycles. The van der Waals surface area contributed by atoms with Crippen LogP contribution in [-0.2, 0) is 0 Å². The van der Waals surface area contributed by atoms with E-state index in [4.69, 9.17) is 5.26 Å².